The van der Waals surface area contributed by atoms with Crippen molar-refractivity contribution in [2.75, 3.05) is 20.2 Å². The van der Waals surface area contributed by atoms with Crippen molar-refractivity contribution in [3.8, 4) is 11.5 Å². The summed E-state index contributed by atoms with van der Waals surface area (Å²) in [6.45, 7) is 1.25. The number of phenolic OH excluding ortho intramolecular Hbond substituents is 1. The van der Waals surface area contributed by atoms with Gasteiger partial charge in [-0.15, -0.1) is 0 Å². The largest absolute Gasteiger partial charge is 0.504 e. The topological polar surface area (TPSA) is 75.8 Å². The van der Waals surface area contributed by atoms with Gasteiger partial charge in [0.05, 0.1) is 7.11 Å². The summed E-state index contributed by atoms with van der Waals surface area (Å²) in [5.41, 5.74) is 6.04. The predicted octanol–water partition coefficient (Wildman–Crippen LogP) is 1.74. The number of nitrogens with zero attached hydrogens (tertiary/aromatic N) is 1. The van der Waals surface area contributed by atoms with Crippen LogP contribution < -0.4 is 10.5 Å². The number of benzene rings is 1. The second kappa shape index (κ2) is 6.61. The van der Waals surface area contributed by atoms with Crippen LogP contribution in [0.5, 0.6) is 11.5 Å². The van der Waals surface area contributed by atoms with Gasteiger partial charge in [-0.3, -0.25) is 4.79 Å². The number of phenols is 1. The number of nitrogens with two attached hydrogens (primary N) is 1. The van der Waals surface area contributed by atoms with Gasteiger partial charge in [-0.05, 0) is 50.4 Å². The molecule has 20 heavy (non-hydrogen) atoms. The van der Waals surface area contributed by atoms with E-state index in [0.717, 1.165) is 19.3 Å². The number of carbonyl (C=O) groups is 1. The minimum absolute atomic E-state index is 0.00858. The monoisotopic (exact) mass is 278 g/mol. The molecule has 0 aromatic heterocycles. The normalized spacial score (nSPS) is 14.7. The zero-order valence-electron chi connectivity index (χ0n) is 11.8. The molecule has 0 saturated heterocycles. The molecule has 1 aliphatic carbocycles. The van der Waals surface area contributed by atoms with E-state index in [4.69, 9.17) is 10.5 Å². The Balaban J connectivity index is 2.15. The fourth-order valence-corrected chi connectivity index (χ4v) is 2.40. The number of ether oxygens (including phenoxy) is 1. The van der Waals surface area contributed by atoms with Crippen LogP contribution in [0.25, 0.3) is 0 Å². The predicted molar refractivity (Wildman–Crippen MR) is 77.0 cm³/mol. The molecule has 0 radical (unpaired) electrons. The molecule has 0 unspecified atom stereocenters. The average molecular weight is 278 g/mol. The van der Waals surface area contributed by atoms with E-state index in [1.807, 2.05) is 4.90 Å². The van der Waals surface area contributed by atoms with Crippen LogP contribution in [0.15, 0.2) is 18.2 Å². The van der Waals surface area contributed by atoms with Crippen LogP contribution in [-0.4, -0.2) is 42.2 Å². The number of hydrogen-bond donors (Lipinski definition) is 2. The molecule has 3 N–H and O–H groups in total. The number of carbonyl (C=O) groups excluding carboxylic acids is 1. The lowest BCUT2D eigenvalue weighted by Gasteiger charge is -2.37. The SMILES string of the molecule is COc1ccc(C(=O)N(CCCN)C2CCC2)cc1O. The smallest absolute Gasteiger partial charge is 0.254 e. The van der Waals surface area contributed by atoms with Crippen LogP contribution in [0.4, 0.5) is 0 Å². The molecule has 0 heterocycles. The van der Waals surface area contributed by atoms with E-state index < -0.39 is 0 Å². The van der Waals surface area contributed by atoms with E-state index in [1.54, 1.807) is 12.1 Å². The maximum absolute atomic E-state index is 12.6. The summed E-state index contributed by atoms with van der Waals surface area (Å²) in [7, 11) is 1.48. The Hall–Kier alpha value is -1.75. The van der Waals surface area contributed by atoms with Gasteiger partial charge in [0, 0.05) is 18.2 Å². The highest BCUT2D eigenvalue weighted by atomic mass is 16.5. The molecule has 1 amide bonds. The minimum atomic E-state index is -0.0406. The van der Waals surface area contributed by atoms with E-state index >= 15 is 0 Å². The molecule has 0 bridgehead atoms. The summed E-state index contributed by atoms with van der Waals surface area (Å²) in [5.74, 6) is 0.325. The van der Waals surface area contributed by atoms with Crippen molar-refractivity contribution in [2.24, 2.45) is 5.73 Å². The Morgan fingerprint density at radius 2 is 2.25 bits per heavy atom. The van der Waals surface area contributed by atoms with Crippen molar-refractivity contribution in [2.45, 2.75) is 31.7 Å². The number of methoxy groups -OCH3 is 1. The van der Waals surface area contributed by atoms with Gasteiger partial charge in [-0.25, -0.2) is 0 Å². The lowest BCUT2D eigenvalue weighted by atomic mass is 9.90. The average Bonchev–Trinajstić information content (AvgIpc) is 2.40. The molecule has 1 fully saturated rings. The lowest BCUT2D eigenvalue weighted by molar-refractivity contribution is 0.0578. The summed E-state index contributed by atoms with van der Waals surface area (Å²) in [6, 6.07) is 5.09. The van der Waals surface area contributed by atoms with Gasteiger partial charge in [0.2, 0.25) is 0 Å². The van der Waals surface area contributed by atoms with Gasteiger partial charge in [-0.2, -0.15) is 0 Å². The second-order valence-corrected chi connectivity index (χ2v) is 5.11. The number of rotatable bonds is 6. The maximum atomic E-state index is 12.6. The summed E-state index contributed by atoms with van der Waals surface area (Å²) < 4.78 is 4.99. The van der Waals surface area contributed by atoms with Crippen molar-refractivity contribution in [3.05, 3.63) is 23.8 Å². The van der Waals surface area contributed by atoms with E-state index in [-0.39, 0.29) is 11.7 Å². The summed E-state index contributed by atoms with van der Waals surface area (Å²) in [6.07, 6.45) is 4.08. The van der Waals surface area contributed by atoms with E-state index in [0.29, 0.717) is 30.4 Å². The first-order valence-electron chi connectivity index (χ1n) is 7.05. The molecular weight excluding hydrogens is 256 g/mol. The molecular formula is C15H22N2O3. The number of aromatic hydroxyl groups is 1. The molecule has 0 spiro atoms. The van der Waals surface area contributed by atoms with Crippen molar-refractivity contribution in [3.63, 3.8) is 0 Å². The third kappa shape index (κ3) is 3.04. The van der Waals surface area contributed by atoms with Crippen molar-refractivity contribution in [1.82, 2.24) is 4.90 Å². The fraction of sp³-hybridized carbons (Fsp3) is 0.533. The highest BCUT2D eigenvalue weighted by molar-refractivity contribution is 5.95. The molecule has 1 aliphatic rings. The van der Waals surface area contributed by atoms with Crippen molar-refractivity contribution >= 4 is 5.91 Å². The van der Waals surface area contributed by atoms with Crippen molar-refractivity contribution in [1.29, 1.82) is 0 Å². The summed E-state index contributed by atoms with van der Waals surface area (Å²) in [4.78, 5) is 14.5. The van der Waals surface area contributed by atoms with E-state index in [2.05, 4.69) is 0 Å². The third-order valence-electron chi connectivity index (χ3n) is 3.81. The summed E-state index contributed by atoms with van der Waals surface area (Å²) >= 11 is 0. The molecule has 0 aliphatic heterocycles. The molecule has 5 heteroatoms. The second-order valence-electron chi connectivity index (χ2n) is 5.11. The van der Waals surface area contributed by atoms with Crippen LogP contribution in [0.1, 0.15) is 36.0 Å². The summed E-state index contributed by atoms with van der Waals surface area (Å²) in [5, 5.41) is 9.79. The van der Waals surface area contributed by atoms with Gasteiger partial charge in [0.25, 0.3) is 5.91 Å². The van der Waals surface area contributed by atoms with Gasteiger partial charge >= 0.3 is 0 Å². The highest BCUT2D eigenvalue weighted by Gasteiger charge is 2.29. The van der Waals surface area contributed by atoms with Gasteiger partial charge < -0.3 is 20.5 Å². The number of amides is 1. The minimum Gasteiger partial charge on any atom is -0.504 e. The Morgan fingerprint density at radius 1 is 1.50 bits per heavy atom. The molecule has 0 atom stereocenters. The zero-order valence-corrected chi connectivity index (χ0v) is 11.8. The van der Waals surface area contributed by atoms with Crippen LogP contribution in [0, 0.1) is 0 Å². The Labute approximate surface area is 119 Å². The molecule has 1 aromatic carbocycles. The maximum Gasteiger partial charge on any atom is 0.254 e. The standard InChI is InChI=1S/C15H22N2O3/c1-20-14-7-6-11(10-13(14)18)15(19)17(9-3-8-16)12-4-2-5-12/h6-7,10,12,18H,2-5,8-9,16H2,1H3. The van der Waals surface area contributed by atoms with E-state index in [1.165, 1.54) is 19.6 Å². The van der Waals surface area contributed by atoms with E-state index in [9.17, 15) is 9.90 Å². The first-order chi connectivity index (χ1) is 9.67. The highest BCUT2D eigenvalue weighted by Crippen LogP contribution is 2.30. The third-order valence-corrected chi connectivity index (χ3v) is 3.81. The Bertz CT molecular complexity index is 472. The zero-order chi connectivity index (χ0) is 14.5. The molecule has 5 nitrogen and oxygen atoms in total. The molecule has 1 saturated carbocycles. The Morgan fingerprint density at radius 3 is 2.75 bits per heavy atom. The van der Waals surface area contributed by atoms with Crippen molar-refractivity contribution < 1.29 is 14.6 Å². The first kappa shape index (κ1) is 14.7. The molecule has 1 aromatic rings. The lowest BCUT2D eigenvalue weighted by Crippen LogP contribution is -2.45. The molecule has 2 rings (SSSR count). The number of hydrogen-bond acceptors (Lipinski definition) is 4. The molecule has 110 valence electrons. The van der Waals surface area contributed by atoms with Gasteiger partial charge in [0.1, 0.15) is 0 Å². The fourth-order valence-electron chi connectivity index (χ4n) is 2.40. The van der Waals surface area contributed by atoms with Crippen LogP contribution in [0.2, 0.25) is 0 Å². The Kier molecular flexibility index (Phi) is 4.84. The van der Waals surface area contributed by atoms with Gasteiger partial charge in [-0.1, -0.05) is 0 Å². The van der Waals surface area contributed by atoms with Crippen LogP contribution in [0.3, 0.4) is 0 Å². The van der Waals surface area contributed by atoms with Crippen LogP contribution in [-0.2, 0) is 0 Å². The van der Waals surface area contributed by atoms with Crippen LogP contribution >= 0.6 is 0 Å². The first-order valence-corrected chi connectivity index (χ1v) is 7.05. The van der Waals surface area contributed by atoms with Gasteiger partial charge in [0.15, 0.2) is 11.5 Å². The quantitative estimate of drug-likeness (QED) is 0.831.